The van der Waals surface area contributed by atoms with Crippen LogP contribution in [-0.2, 0) is 10.0 Å². The molecular weight excluding hydrogens is 518 g/mol. The first-order valence-electron chi connectivity index (χ1n) is 14.7. The first-order valence-corrected chi connectivity index (χ1v) is 16.3. The molecule has 2 aromatic carbocycles. The van der Waals surface area contributed by atoms with Gasteiger partial charge in [-0.25, -0.2) is 23.1 Å². The minimum absolute atomic E-state index is 0.122. The van der Waals surface area contributed by atoms with E-state index >= 15 is 0 Å². The third kappa shape index (κ3) is 6.17. The maximum absolute atomic E-state index is 11.9. The van der Waals surface area contributed by atoms with Crippen molar-refractivity contribution in [2.24, 2.45) is 11.3 Å². The van der Waals surface area contributed by atoms with Gasteiger partial charge in [0.15, 0.2) is 0 Å². The van der Waals surface area contributed by atoms with Gasteiger partial charge in [0, 0.05) is 47.6 Å². The Morgan fingerprint density at radius 2 is 1.68 bits per heavy atom. The zero-order valence-corrected chi connectivity index (χ0v) is 24.2. The van der Waals surface area contributed by atoms with Crippen molar-refractivity contribution >= 4 is 26.7 Å². The van der Waals surface area contributed by atoms with Crippen LogP contribution >= 0.6 is 0 Å². The van der Waals surface area contributed by atoms with Gasteiger partial charge in [-0.15, -0.1) is 0 Å². The average molecular weight is 558 g/mol. The third-order valence-electron chi connectivity index (χ3n) is 9.10. The van der Waals surface area contributed by atoms with Gasteiger partial charge in [-0.2, -0.15) is 0 Å². The van der Waals surface area contributed by atoms with Gasteiger partial charge in [-0.05, 0) is 94.8 Å². The van der Waals surface area contributed by atoms with Crippen LogP contribution in [0.5, 0.6) is 0 Å². The number of benzene rings is 2. The van der Waals surface area contributed by atoms with Gasteiger partial charge in [-0.1, -0.05) is 30.0 Å². The number of likely N-dealkylation sites (tertiary alicyclic amines) is 1. The van der Waals surface area contributed by atoms with Crippen LogP contribution in [0.15, 0.2) is 54.9 Å². The first-order chi connectivity index (χ1) is 19.4. The zero-order valence-electron chi connectivity index (χ0n) is 23.3. The number of hydrogen-bond acceptors (Lipinski definition) is 6. The van der Waals surface area contributed by atoms with E-state index in [0.29, 0.717) is 11.3 Å². The minimum atomic E-state index is -3.10. The van der Waals surface area contributed by atoms with Crippen LogP contribution in [0.3, 0.4) is 0 Å². The second-order valence-electron chi connectivity index (χ2n) is 11.9. The molecule has 0 bridgehead atoms. The Hall–Kier alpha value is -2.99. The molecule has 8 heteroatoms. The van der Waals surface area contributed by atoms with Gasteiger partial charge in [0.05, 0.1) is 11.3 Å². The summed E-state index contributed by atoms with van der Waals surface area (Å²) in [7, 11) is -3.10. The van der Waals surface area contributed by atoms with E-state index in [9.17, 15) is 8.42 Å². The van der Waals surface area contributed by atoms with Gasteiger partial charge in [0.25, 0.3) is 0 Å². The molecule has 1 N–H and O–H groups in total. The summed E-state index contributed by atoms with van der Waals surface area (Å²) in [5.74, 6) is 8.44. The minimum Gasteiger partial charge on any atom is -0.355 e. The fraction of sp³-hybridized carbons (Fsp3) is 0.500. The maximum Gasteiger partial charge on any atom is 0.211 e. The highest BCUT2D eigenvalue weighted by atomic mass is 32.2. The van der Waals surface area contributed by atoms with E-state index in [4.69, 9.17) is 4.98 Å². The van der Waals surface area contributed by atoms with E-state index in [-0.39, 0.29) is 11.8 Å². The predicted molar refractivity (Wildman–Crippen MR) is 161 cm³/mol. The lowest BCUT2D eigenvalue weighted by Crippen LogP contribution is -2.61. The summed E-state index contributed by atoms with van der Waals surface area (Å²) in [6, 6.07) is 16.4. The number of nitrogens with one attached hydrogen (secondary N) is 1. The molecule has 210 valence electrons. The highest BCUT2D eigenvalue weighted by Gasteiger charge is 2.45. The van der Waals surface area contributed by atoms with Crippen molar-refractivity contribution in [1.82, 2.24) is 19.6 Å². The number of fused-ring (bicyclic) bond motifs is 1. The molecule has 3 aromatic rings. The number of anilines is 1. The molecule has 6 rings (SSSR count). The Balaban J connectivity index is 1.03. The molecule has 40 heavy (non-hydrogen) atoms. The molecule has 3 fully saturated rings. The van der Waals surface area contributed by atoms with Crippen molar-refractivity contribution in [3.63, 3.8) is 0 Å². The molecule has 2 aliphatic heterocycles. The maximum atomic E-state index is 11.9. The summed E-state index contributed by atoms with van der Waals surface area (Å²) in [6.07, 6.45) is 8.29. The number of sulfonamides is 1. The molecule has 0 atom stereocenters. The molecule has 1 spiro atoms. The van der Waals surface area contributed by atoms with E-state index in [2.05, 4.69) is 43.5 Å². The number of piperidine rings is 1. The van der Waals surface area contributed by atoms with Crippen molar-refractivity contribution in [2.75, 3.05) is 43.4 Å². The van der Waals surface area contributed by atoms with Gasteiger partial charge in [0.2, 0.25) is 10.0 Å². The average Bonchev–Trinajstić information content (AvgIpc) is 2.96. The molecule has 3 aliphatic rings. The van der Waals surface area contributed by atoms with Gasteiger partial charge < -0.3 is 9.80 Å². The number of aromatic nitrogens is 2. The lowest BCUT2D eigenvalue weighted by molar-refractivity contribution is 0.0621. The van der Waals surface area contributed by atoms with Gasteiger partial charge >= 0.3 is 0 Å². The molecule has 2 saturated heterocycles. The van der Waals surface area contributed by atoms with Crippen LogP contribution < -0.4 is 9.62 Å². The lowest BCUT2D eigenvalue weighted by atomic mass is 9.71. The Labute approximate surface area is 238 Å². The largest absolute Gasteiger partial charge is 0.355 e. The standard InChI is InChI=1S/C32H39N5O2S/c1-2-40(38,39)35-28-13-10-27(11-14-28)21-36-18-16-32(17-19-36)22-37(23-32)31-29-20-26(12-15-30(29)33-24-34-31)9-8-25-6-4-3-5-7-25/h3-7,12,15,20,24,27-28,35H,2,10-11,13-14,16-19,21-23H2,1H3. The summed E-state index contributed by atoms with van der Waals surface area (Å²) in [4.78, 5) is 14.3. The summed E-state index contributed by atoms with van der Waals surface area (Å²) < 4.78 is 26.7. The molecule has 1 aliphatic carbocycles. The molecule has 0 radical (unpaired) electrons. The van der Waals surface area contributed by atoms with E-state index in [1.165, 1.54) is 12.8 Å². The van der Waals surface area contributed by atoms with E-state index in [1.807, 2.05) is 36.4 Å². The van der Waals surface area contributed by atoms with Crippen LogP contribution in [0.2, 0.25) is 0 Å². The van der Waals surface area contributed by atoms with E-state index in [1.54, 1.807) is 13.3 Å². The number of rotatable bonds is 6. The Morgan fingerprint density at radius 3 is 2.40 bits per heavy atom. The highest BCUT2D eigenvalue weighted by Crippen LogP contribution is 2.43. The summed E-state index contributed by atoms with van der Waals surface area (Å²) in [5, 5.41) is 1.08. The molecule has 3 heterocycles. The summed E-state index contributed by atoms with van der Waals surface area (Å²) in [5.41, 5.74) is 3.33. The monoisotopic (exact) mass is 557 g/mol. The number of nitrogens with zero attached hydrogens (tertiary/aromatic N) is 4. The van der Waals surface area contributed by atoms with Crippen molar-refractivity contribution in [1.29, 1.82) is 0 Å². The molecule has 7 nitrogen and oxygen atoms in total. The molecular formula is C32H39N5O2S. The van der Waals surface area contributed by atoms with Crippen molar-refractivity contribution in [3.8, 4) is 11.8 Å². The van der Waals surface area contributed by atoms with Gasteiger partial charge in [0.1, 0.15) is 12.1 Å². The molecule has 1 aromatic heterocycles. The van der Waals surface area contributed by atoms with E-state index in [0.717, 1.165) is 86.3 Å². The second-order valence-corrected chi connectivity index (χ2v) is 14.0. The zero-order chi connectivity index (χ0) is 27.6. The van der Waals surface area contributed by atoms with Crippen LogP contribution in [0, 0.1) is 23.2 Å². The molecule has 0 unspecified atom stereocenters. The fourth-order valence-corrected chi connectivity index (χ4v) is 7.55. The lowest BCUT2D eigenvalue weighted by Gasteiger charge is -2.55. The highest BCUT2D eigenvalue weighted by molar-refractivity contribution is 7.89. The molecule has 1 saturated carbocycles. The SMILES string of the molecule is CCS(=O)(=O)NC1CCC(CN2CCC3(CC2)CN(c2ncnc4ccc(C#Cc5ccccc5)cc24)C3)CC1. The van der Waals surface area contributed by atoms with E-state index < -0.39 is 10.0 Å². The fourth-order valence-electron chi connectivity index (χ4n) is 6.64. The third-order valence-corrected chi connectivity index (χ3v) is 10.6. The number of hydrogen-bond donors (Lipinski definition) is 1. The second kappa shape index (κ2) is 11.5. The topological polar surface area (TPSA) is 78.4 Å². The van der Waals surface area contributed by atoms with Crippen molar-refractivity contribution in [2.45, 2.75) is 51.5 Å². The van der Waals surface area contributed by atoms with Crippen molar-refractivity contribution in [3.05, 3.63) is 66.0 Å². The van der Waals surface area contributed by atoms with Crippen LogP contribution in [0.1, 0.15) is 56.6 Å². The smallest absolute Gasteiger partial charge is 0.211 e. The summed E-state index contributed by atoms with van der Waals surface area (Å²) >= 11 is 0. The Morgan fingerprint density at radius 1 is 0.950 bits per heavy atom. The predicted octanol–water partition coefficient (Wildman–Crippen LogP) is 4.43. The normalized spacial score (nSPS) is 23.0. The quantitative estimate of drug-likeness (QED) is 0.452. The first kappa shape index (κ1) is 27.2. The van der Waals surface area contributed by atoms with Crippen LogP contribution in [0.25, 0.3) is 10.9 Å². The van der Waals surface area contributed by atoms with Gasteiger partial charge in [-0.3, -0.25) is 0 Å². The summed E-state index contributed by atoms with van der Waals surface area (Å²) in [6.45, 7) is 7.26. The van der Waals surface area contributed by atoms with Crippen LogP contribution in [0.4, 0.5) is 5.82 Å². The Bertz CT molecular complexity index is 1490. The van der Waals surface area contributed by atoms with Crippen molar-refractivity contribution < 1.29 is 8.42 Å². The molecule has 0 amide bonds. The Kier molecular flexibility index (Phi) is 7.80. The van der Waals surface area contributed by atoms with Crippen LogP contribution in [-0.4, -0.2) is 67.8 Å².